The van der Waals surface area contributed by atoms with E-state index >= 15 is 0 Å². The molecule has 0 aliphatic rings. The number of nitriles is 2. The summed E-state index contributed by atoms with van der Waals surface area (Å²) in [5.41, 5.74) is 11.7. The Morgan fingerprint density at radius 1 is 0.469 bits per heavy atom. The summed E-state index contributed by atoms with van der Waals surface area (Å²) in [6.07, 6.45) is 0. The molecule has 5 heteroatoms. The summed E-state index contributed by atoms with van der Waals surface area (Å²) in [5.74, 6) is 0. The lowest BCUT2D eigenvalue weighted by atomic mass is 9.99. The van der Waals surface area contributed by atoms with Crippen LogP contribution in [0, 0.1) is 22.7 Å². The zero-order valence-corrected chi connectivity index (χ0v) is 26.4. The third-order valence-corrected chi connectivity index (χ3v) is 9.46. The zero-order valence-electron chi connectivity index (χ0n) is 26.4. The first-order chi connectivity index (χ1) is 24.2. The molecule has 2 heterocycles. The first kappa shape index (κ1) is 28.3. The van der Waals surface area contributed by atoms with Gasteiger partial charge in [0.25, 0.3) is 0 Å². The number of nitrogens with two attached hydrogens (primary N) is 1. The lowest BCUT2D eigenvalue weighted by Crippen LogP contribution is -2.71. The van der Waals surface area contributed by atoms with E-state index in [2.05, 4.69) is 130 Å². The van der Waals surface area contributed by atoms with Crippen molar-refractivity contribution in [2.45, 2.75) is 0 Å². The van der Waals surface area contributed by atoms with Gasteiger partial charge in [0.15, 0.2) is 5.69 Å². The van der Waals surface area contributed by atoms with Crippen molar-refractivity contribution in [2.75, 3.05) is 0 Å². The molecule has 0 unspecified atom stereocenters. The molecule has 2 aromatic heterocycles. The van der Waals surface area contributed by atoms with Crippen molar-refractivity contribution in [3.8, 4) is 34.6 Å². The maximum Gasteiger partial charge on any atom is 0.152 e. The minimum atomic E-state index is 0.622. The van der Waals surface area contributed by atoms with Crippen LogP contribution < -0.4 is 5.32 Å². The molecule has 0 fully saturated rings. The third-order valence-electron chi connectivity index (χ3n) is 9.46. The van der Waals surface area contributed by atoms with E-state index in [1.807, 2.05) is 54.6 Å². The second-order valence-electron chi connectivity index (χ2n) is 12.2. The molecule has 2 N–H and O–H groups in total. The fraction of sp³-hybridized carbons (Fsp3) is 0. The number of nitrogens with zero attached hydrogens (tertiary/aromatic N) is 4. The molecule has 0 aliphatic carbocycles. The maximum absolute atomic E-state index is 9.95. The Hall–Kier alpha value is -6.92. The highest BCUT2D eigenvalue weighted by molar-refractivity contribution is 6.27. The van der Waals surface area contributed by atoms with Gasteiger partial charge in [-0.15, -0.1) is 0 Å². The summed E-state index contributed by atoms with van der Waals surface area (Å²) in [4.78, 5) is 0. The molecule has 0 spiro atoms. The van der Waals surface area contributed by atoms with Crippen molar-refractivity contribution in [1.82, 2.24) is 9.13 Å². The van der Waals surface area contributed by atoms with Crippen molar-refractivity contribution in [3.05, 3.63) is 169 Å². The summed E-state index contributed by atoms with van der Waals surface area (Å²) in [6, 6.07) is 58.8. The topological polar surface area (TPSA) is 74.1 Å². The van der Waals surface area contributed by atoms with Crippen molar-refractivity contribution in [1.29, 1.82) is 10.5 Å². The Morgan fingerprint density at radius 3 is 1.80 bits per heavy atom. The number of fused-ring (bicyclic) bond motifs is 7. The van der Waals surface area contributed by atoms with Crippen LogP contribution in [-0.4, -0.2) is 9.13 Å². The van der Waals surface area contributed by atoms with Crippen LogP contribution in [0.25, 0.3) is 66.1 Å². The van der Waals surface area contributed by atoms with E-state index < -0.39 is 0 Å². The third kappa shape index (κ3) is 4.42. The predicted molar refractivity (Wildman–Crippen MR) is 198 cm³/mol. The highest BCUT2D eigenvalue weighted by Gasteiger charge is 2.25. The number of rotatable bonds is 5. The summed E-state index contributed by atoms with van der Waals surface area (Å²) in [6.45, 7) is 0. The SMILES string of the molecule is N#Cc1ccc2c3c(ccc4c5ccc([NH2+]c6ccccc6C#N)c(-c6ccccc6)c5n(-c5ccccc5)c43)n(-c3ccccc3)c2c1. The van der Waals surface area contributed by atoms with Gasteiger partial charge in [0.2, 0.25) is 0 Å². The molecule has 0 atom stereocenters. The fourth-order valence-corrected chi connectivity index (χ4v) is 7.39. The molecule has 9 rings (SSSR count). The van der Waals surface area contributed by atoms with Crippen LogP contribution in [0.4, 0.5) is 11.4 Å². The van der Waals surface area contributed by atoms with Gasteiger partial charge in [-0.05, 0) is 60.2 Å². The van der Waals surface area contributed by atoms with Crippen LogP contribution in [0.15, 0.2) is 158 Å². The number of para-hydroxylation sites is 3. The first-order valence-electron chi connectivity index (χ1n) is 16.2. The summed E-state index contributed by atoms with van der Waals surface area (Å²) >= 11 is 0. The normalized spacial score (nSPS) is 11.3. The number of aromatic nitrogens is 2. The molecule has 9 aromatic rings. The van der Waals surface area contributed by atoms with E-state index in [1.165, 1.54) is 0 Å². The Morgan fingerprint density at radius 2 is 1.08 bits per heavy atom. The largest absolute Gasteiger partial charge is 0.309 e. The molecule has 0 aliphatic heterocycles. The van der Waals surface area contributed by atoms with E-state index in [4.69, 9.17) is 0 Å². The molecule has 0 saturated carbocycles. The number of quaternary nitrogens is 1. The van der Waals surface area contributed by atoms with Gasteiger partial charge in [-0.2, -0.15) is 10.5 Å². The van der Waals surface area contributed by atoms with Crippen molar-refractivity contribution >= 4 is 55.0 Å². The molecular weight excluding hydrogens is 599 g/mol. The van der Waals surface area contributed by atoms with Gasteiger partial charge >= 0.3 is 0 Å². The van der Waals surface area contributed by atoms with Gasteiger partial charge in [-0.1, -0.05) is 91.0 Å². The second kappa shape index (κ2) is 11.4. The molecule has 0 radical (unpaired) electrons. The van der Waals surface area contributed by atoms with Crippen LogP contribution in [0.1, 0.15) is 11.1 Å². The van der Waals surface area contributed by atoms with Crippen LogP contribution in [0.3, 0.4) is 0 Å². The number of hydrogen-bond donors (Lipinski definition) is 1. The minimum Gasteiger partial charge on any atom is -0.309 e. The molecule has 7 aromatic carbocycles. The molecule has 228 valence electrons. The summed E-state index contributed by atoms with van der Waals surface area (Å²) in [7, 11) is 0. The smallest absolute Gasteiger partial charge is 0.152 e. The summed E-state index contributed by atoms with van der Waals surface area (Å²) < 4.78 is 4.68. The predicted octanol–water partition coefficient (Wildman–Crippen LogP) is 9.82. The van der Waals surface area contributed by atoms with E-state index in [9.17, 15) is 10.5 Å². The first-order valence-corrected chi connectivity index (χ1v) is 16.2. The monoisotopic (exact) mass is 626 g/mol. The van der Waals surface area contributed by atoms with Crippen LogP contribution in [0.5, 0.6) is 0 Å². The summed E-state index contributed by atoms with van der Waals surface area (Å²) in [5, 5.41) is 26.5. The van der Waals surface area contributed by atoms with Crippen molar-refractivity contribution in [2.24, 2.45) is 0 Å². The van der Waals surface area contributed by atoms with Crippen molar-refractivity contribution < 1.29 is 5.32 Å². The standard InChI is InChI=1S/C44H27N5/c45-27-29-20-21-36-40(26-29)48(32-15-6-2-7-16-32)39-25-23-35-34-22-24-38(47-37-19-11-10-14-31(37)28-46)41(30-12-4-1-5-13-30)43(34)49(44(35)42(36)39)33-17-8-3-9-18-33/h1-26,47H/p+1. The molecule has 0 bridgehead atoms. The minimum absolute atomic E-state index is 0.622. The van der Waals surface area contributed by atoms with Gasteiger partial charge in [-0.25, -0.2) is 0 Å². The zero-order chi connectivity index (χ0) is 32.9. The lowest BCUT2D eigenvalue weighted by molar-refractivity contribution is -0.478. The van der Waals surface area contributed by atoms with Crippen LogP contribution in [-0.2, 0) is 0 Å². The van der Waals surface area contributed by atoms with Gasteiger partial charge in [0.05, 0.1) is 39.3 Å². The van der Waals surface area contributed by atoms with Gasteiger partial charge in [-0.3, -0.25) is 5.32 Å². The van der Waals surface area contributed by atoms with Gasteiger partial charge in [0.1, 0.15) is 17.3 Å². The van der Waals surface area contributed by atoms with Gasteiger partial charge in [0, 0.05) is 45.1 Å². The average molecular weight is 627 g/mol. The highest BCUT2D eigenvalue weighted by atomic mass is 15.0. The van der Waals surface area contributed by atoms with Crippen LogP contribution in [0.2, 0.25) is 0 Å². The highest BCUT2D eigenvalue weighted by Crippen LogP contribution is 2.45. The Labute approximate surface area is 282 Å². The van der Waals surface area contributed by atoms with E-state index in [-0.39, 0.29) is 0 Å². The maximum atomic E-state index is 9.95. The van der Waals surface area contributed by atoms with Crippen LogP contribution >= 0.6 is 0 Å². The van der Waals surface area contributed by atoms with Gasteiger partial charge < -0.3 is 9.13 Å². The Kier molecular flexibility index (Phi) is 6.59. The molecule has 0 saturated heterocycles. The quantitative estimate of drug-likeness (QED) is 0.193. The Balaban J connectivity index is 1.49. The fourth-order valence-electron chi connectivity index (χ4n) is 7.39. The lowest BCUT2D eigenvalue weighted by Gasteiger charge is -2.15. The molecular formula is C44H28N5+. The van der Waals surface area contributed by atoms with E-state index in [0.29, 0.717) is 11.1 Å². The molecule has 0 amide bonds. The van der Waals surface area contributed by atoms with Crippen molar-refractivity contribution in [3.63, 3.8) is 0 Å². The van der Waals surface area contributed by atoms with E-state index in [1.54, 1.807) is 0 Å². The second-order valence-corrected chi connectivity index (χ2v) is 12.2. The number of hydrogen-bond acceptors (Lipinski definition) is 2. The molecule has 49 heavy (non-hydrogen) atoms. The molecule has 5 nitrogen and oxygen atoms in total. The Bertz CT molecular complexity index is 2800. The van der Waals surface area contributed by atoms with E-state index in [0.717, 1.165) is 77.5 Å². The number of benzene rings is 7. The average Bonchev–Trinajstić information content (AvgIpc) is 3.68.